The zero-order valence-corrected chi connectivity index (χ0v) is 12.6. The van der Waals surface area contributed by atoms with Gasteiger partial charge in [0.2, 0.25) is 0 Å². The number of carbonyl (C=O) groups is 2. The molecule has 0 bridgehead atoms. The Morgan fingerprint density at radius 3 is 2.52 bits per heavy atom. The van der Waals surface area contributed by atoms with Crippen molar-refractivity contribution in [1.82, 2.24) is 10.2 Å². The summed E-state index contributed by atoms with van der Waals surface area (Å²) in [5.74, 6) is -0.788. The van der Waals surface area contributed by atoms with Crippen LogP contribution in [0.4, 0.5) is 4.79 Å². The summed E-state index contributed by atoms with van der Waals surface area (Å²) in [5.41, 5.74) is -0.855. The summed E-state index contributed by atoms with van der Waals surface area (Å²) in [6.45, 7) is 1.86. The summed E-state index contributed by atoms with van der Waals surface area (Å²) in [6.07, 6.45) is 3.41. The van der Waals surface area contributed by atoms with Crippen molar-refractivity contribution in [2.45, 2.75) is 44.1 Å². The number of unbranched alkanes of at least 4 members (excludes halogenated alkanes) is 2. The van der Waals surface area contributed by atoms with Crippen molar-refractivity contribution in [3.05, 3.63) is 0 Å². The Hall–Kier alpha value is -1.34. The number of aliphatic carboxylic acids is 1. The Labute approximate surface area is 125 Å². The number of amides is 2. The largest absolute Gasteiger partial charge is 0.481 e. The molecule has 0 aromatic rings. The van der Waals surface area contributed by atoms with Crippen LogP contribution in [0.25, 0.3) is 0 Å². The van der Waals surface area contributed by atoms with Crippen molar-refractivity contribution in [3.63, 3.8) is 0 Å². The van der Waals surface area contributed by atoms with Gasteiger partial charge in [-0.1, -0.05) is 6.42 Å². The van der Waals surface area contributed by atoms with Crippen LogP contribution in [0.2, 0.25) is 0 Å². The first-order valence-corrected chi connectivity index (χ1v) is 7.44. The standard InChI is InChI=1S/C14H26N2O5/c1-16(11-14(20)6-9-21-10-7-14)13(19)15-8-4-2-3-5-12(17)18/h20H,2-11H2,1H3,(H,15,19)(H,17,18). The van der Waals surface area contributed by atoms with Gasteiger partial charge in [-0.2, -0.15) is 0 Å². The predicted molar refractivity (Wildman–Crippen MR) is 77.1 cm³/mol. The van der Waals surface area contributed by atoms with E-state index in [0.717, 1.165) is 12.8 Å². The molecule has 122 valence electrons. The van der Waals surface area contributed by atoms with Gasteiger partial charge in [0.25, 0.3) is 0 Å². The second-order valence-electron chi connectivity index (χ2n) is 5.63. The molecule has 1 aliphatic rings. The van der Waals surface area contributed by atoms with Crippen LogP contribution in [0.15, 0.2) is 0 Å². The smallest absolute Gasteiger partial charge is 0.317 e. The monoisotopic (exact) mass is 302 g/mol. The number of carbonyl (C=O) groups excluding carboxylic acids is 1. The Morgan fingerprint density at radius 1 is 1.24 bits per heavy atom. The highest BCUT2D eigenvalue weighted by Gasteiger charge is 2.32. The van der Waals surface area contributed by atoms with Crippen LogP contribution in [-0.2, 0) is 9.53 Å². The third-order valence-corrected chi connectivity index (χ3v) is 3.65. The quantitative estimate of drug-likeness (QED) is 0.576. The summed E-state index contributed by atoms with van der Waals surface area (Å²) in [5, 5.41) is 21.6. The molecule has 21 heavy (non-hydrogen) atoms. The number of nitrogens with zero attached hydrogens (tertiary/aromatic N) is 1. The molecule has 0 aromatic heterocycles. The molecular formula is C14H26N2O5. The number of aliphatic hydroxyl groups is 1. The lowest BCUT2D eigenvalue weighted by Crippen LogP contribution is -2.49. The third-order valence-electron chi connectivity index (χ3n) is 3.65. The van der Waals surface area contributed by atoms with Crippen LogP contribution in [0, 0.1) is 0 Å². The maximum atomic E-state index is 11.9. The molecule has 1 saturated heterocycles. The van der Waals surface area contributed by atoms with Gasteiger partial charge >= 0.3 is 12.0 Å². The number of rotatable bonds is 8. The van der Waals surface area contributed by atoms with E-state index in [1.807, 2.05) is 0 Å². The van der Waals surface area contributed by atoms with Gasteiger partial charge in [0.1, 0.15) is 0 Å². The van der Waals surface area contributed by atoms with E-state index >= 15 is 0 Å². The lowest BCUT2D eigenvalue weighted by molar-refractivity contribution is -0.137. The molecule has 7 nitrogen and oxygen atoms in total. The highest BCUT2D eigenvalue weighted by Crippen LogP contribution is 2.21. The van der Waals surface area contributed by atoms with Crippen molar-refractivity contribution in [2.75, 3.05) is 33.4 Å². The number of nitrogens with one attached hydrogen (secondary N) is 1. The molecule has 0 aliphatic carbocycles. The van der Waals surface area contributed by atoms with Gasteiger partial charge < -0.3 is 25.2 Å². The van der Waals surface area contributed by atoms with Crippen LogP contribution < -0.4 is 5.32 Å². The van der Waals surface area contributed by atoms with Gasteiger partial charge in [-0.3, -0.25) is 4.79 Å². The van der Waals surface area contributed by atoms with Crippen LogP contribution in [-0.4, -0.2) is 66.1 Å². The van der Waals surface area contributed by atoms with Crippen molar-refractivity contribution < 1.29 is 24.5 Å². The number of urea groups is 1. The van der Waals surface area contributed by atoms with Crippen LogP contribution in [0.1, 0.15) is 38.5 Å². The SMILES string of the molecule is CN(CC1(O)CCOCC1)C(=O)NCCCCCC(=O)O. The maximum Gasteiger partial charge on any atom is 0.317 e. The Bertz CT molecular complexity index is 342. The van der Waals surface area contributed by atoms with E-state index in [9.17, 15) is 14.7 Å². The number of hydrogen-bond donors (Lipinski definition) is 3. The van der Waals surface area contributed by atoms with E-state index in [-0.39, 0.29) is 12.5 Å². The van der Waals surface area contributed by atoms with Gasteiger partial charge in [0.05, 0.1) is 12.1 Å². The summed E-state index contributed by atoms with van der Waals surface area (Å²) in [4.78, 5) is 23.7. The second-order valence-corrected chi connectivity index (χ2v) is 5.63. The molecule has 1 aliphatic heterocycles. The molecular weight excluding hydrogens is 276 g/mol. The Morgan fingerprint density at radius 2 is 1.90 bits per heavy atom. The van der Waals surface area contributed by atoms with Crippen molar-refractivity contribution >= 4 is 12.0 Å². The normalized spacial score (nSPS) is 17.2. The van der Waals surface area contributed by atoms with E-state index in [2.05, 4.69) is 5.32 Å². The van der Waals surface area contributed by atoms with Crippen LogP contribution in [0.3, 0.4) is 0 Å². The van der Waals surface area contributed by atoms with Gasteiger partial charge in [0.15, 0.2) is 0 Å². The minimum absolute atomic E-state index is 0.170. The molecule has 0 saturated carbocycles. The molecule has 0 spiro atoms. The Balaban J connectivity index is 2.14. The predicted octanol–water partition coefficient (Wildman–Crippen LogP) is 0.814. The first kappa shape index (κ1) is 17.7. The Kier molecular flexibility index (Phi) is 7.45. The molecule has 1 heterocycles. The topological polar surface area (TPSA) is 99.1 Å². The minimum Gasteiger partial charge on any atom is -0.481 e. The van der Waals surface area contributed by atoms with E-state index in [1.165, 1.54) is 4.90 Å². The third kappa shape index (κ3) is 7.29. The van der Waals surface area contributed by atoms with Gasteiger partial charge in [0, 0.05) is 46.1 Å². The first-order chi connectivity index (χ1) is 9.93. The summed E-state index contributed by atoms with van der Waals surface area (Å²) in [6, 6.07) is -0.215. The first-order valence-electron chi connectivity index (χ1n) is 7.44. The zero-order valence-electron chi connectivity index (χ0n) is 12.6. The molecule has 0 aromatic carbocycles. The molecule has 1 fully saturated rings. The molecule has 0 atom stereocenters. The fourth-order valence-electron chi connectivity index (χ4n) is 2.33. The number of carboxylic acid groups (broad SMARTS) is 1. The molecule has 0 radical (unpaired) electrons. The molecule has 0 unspecified atom stereocenters. The molecule has 1 rings (SSSR count). The fraction of sp³-hybridized carbons (Fsp3) is 0.857. The van der Waals surface area contributed by atoms with Crippen molar-refractivity contribution in [2.24, 2.45) is 0 Å². The number of carboxylic acids is 1. The average molecular weight is 302 g/mol. The highest BCUT2D eigenvalue weighted by molar-refractivity contribution is 5.73. The lowest BCUT2D eigenvalue weighted by atomic mass is 9.94. The number of likely N-dealkylation sites (N-methyl/N-ethyl adjacent to an activating group) is 1. The average Bonchev–Trinajstić information content (AvgIpc) is 2.42. The number of hydrogen-bond acceptors (Lipinski definition) is 4. The molecule has 2 amide bonds. The van der Waals surface area contributed by atoms with Crippen LogP contribution >= 0.6 is 0 Å². The van der Waals surface area contributed by atoms with Crippen molar-refractivity contribution in [1.29, 1.82) is 0 Å². The highest BCUT2D eigenvalue weighted by atomic mass is 16.5. The lowest BCUT2D eigenvalue weighted by Gasteiger charge is -2.35. The molecule has 3 N–H and O–H groups in total. The van der Waals surface area contributed by atoms with E-state index in [1.54, 1.807) is 7.05 Å². The summed E-state index contributed by atoms with van der Waals surface area (Å²) >= 11 is 0. The van der Waals surface area contributed by atoms with E-state index < -0.39 is 11.6 Å². The minimum atomic E-state index is -0.855. The van der Waals surface area contributed by atoms with Gasteiger partial charge in [-0.15, -0.1) is 0 Å². The summed E-state index contributed by atoms with van der Waals surface area (Å²) in [7, 11) is 1.66. The van der Waals surface area contributed by atoms with Crippen LogP contribution in [0.5, 0.6) is 0 Å². The van der Waals surface area contributed by atoms with Gasteiger partial charge in [-0.25, -0.2) is 4.79 Å². The molecule has 7 heteroatoms. The van der Waals surface area contributed by atoms with Crippen molar-refractivity contribution in [3.8, 4) is 0 Å². The summed E-state index contributed by atoms with van der Waals surface area (Å²) < 4.78 is 5.21. The van der Waals surface area contributed by atoms with E-state index in [4.69, 9.17) is 9.84 Å². The van der Waals surface area contributed by atoms with E-state index in [0.29, 0.717) is 45.6 Å². The fourth-order valence-corrected chi connectivity index (χ4v) is 2.33. The number of ether oxygens (including phenoxy) is 1. The second kappa shape index (κ2) is 8.84. The maximum absolute atomic E-state index is 11.9. The zero-order chi connectivity index (χ0) is 15.7. The van der Waals surface area contributed by atoms with Gasteiger partial charge in [-0.05, 0) is 12.8 Å².